The van der Waals surface area contributed by atoms with E-state index in [0.29, 0.717) is 73.9 Å². The summed E-state index contributed by atoms with van der Waals surface area (Å²) in [6.45, 7) is 8.89. The van der Waals surface area contributed by atoms with Gasteiger partial charge in [-0.1, -0.05) is 17.7 Å². The number of azo groups is 4. The van der Waals surface area contributed by atoms with E-state index in [9.17, 15) is 57.0 Å². The number of aromatic hydroxyl groups is 1. The number of anilines is 2. The molecule has 0 fully saturated rings. The molecule has 22 nitrogen and oxygen atoms in total. The normalized spacial score (nSPS) is 12.9. The zero-order valence-electron chi connectivity index (χ0n) is 39.8. The second kappa shape index (κ2) is 20.3. The summed E-state index contributed by atoms with van der Waals surface area (Å²) in [5, 5.41) is 48.1. The fourth-order valence-corrected chi connectivity index (χ4v) is 10.2. The van der Waals surface area contributed by atoms with Gasteiger partial charge >= 0.3 is 0 Å². The van der Waals surface area contributed by atoms with Crippen molar-refractivity contribution in [2.45, 2.75) is 54.2 Å². The van der Waals surface area contributed by atoms with Crippen molar-refractivity contribution < 1.29 is 57.0 Å². The van der Waals surface area contributed by atoms with E-state index < -0.39 is 88.0 Å². The largest absolute Gasteiger partial charge is 0.505 e. The molecule has 0 spiro atoms. The lowest BCUT2D eigenvalue weighted by molar-refractivity contribution is 0.472. The van der Waals surface area contributed by atoms with E-state index in [4.69, 9.17) is 0 Å². The highest BCUT2D eigenvalue weighted by Crippen LogP contribution is 2.43. The number of nitrogens with zero attached hydrogens (tertiary/aromatic N) is 8. The van der Waals surface area contributed by atoms with Gasteiger partial charge in [0.1, 0.15) is 26.1 Å². The molecule has 0 radical (unpaired) electrons. The van der Waals surface area contributed by atoms with Gasteiger partial charge in [0, 0.05) is 22.1 Å². The zero-order valence-corrected chi connectivity index (χ0v) is 43.0. The number of hydrogen-bond donors (Lipinski definition) is 6. The molecule has 0 unspecified atom stereocenters. The number of aryl methyl sites for hydroxylation is 5. The Morgan fingerprint density at radius 2 is 0.840 bits per heavy atom. The number of rotatable bonds is 14. The quantitative estimate of drug-likeness (QED) is 0.0435. The highest BCUT2D eigenvalue weighted by Gasteiger charge is 2.26. The lowest BCUT2D eigenvalue weighted by atomic mass is 10.1. The number of phenols is 1. The molecule has 0 bridgehead atoms. The summed E-state index contributed by atoms with van der Waals surface area (Å²) in [5.41, 5.74) is 6.27. The lowest BCUT2D eigenvalue weighted by Gasteiger charge is -2.12. The van der Waals surface area contributed by atoms with Gasteiger partial charge in [-0.15, -0.1) is 10.2 Å². The van der Waals surface area contributed by atoms with Gasteiger partial charge in [0.2, 0.25) is 0 Å². The maximum atomic E-state index is 12.6. The number of nitrogens with one attached hydrogen (secondary N) is 1. The van der Waals surface area contributed by atoms with Crippen LogP contribution in [0.3, 0.4) is 0 Å². The second-order valence-corrected chi connectivity index (χ2v) is 22.6. The molecule has 0 aromatic heterocycles. The van der Waals surface area contributed by atoms with Gasteiger partial charge in [0.15, 0.2) is 5.75 Å². The second-order valence-electron chi connectivity index (χ2n) is 17.0. The molecule has 0 saturated heterocycles. The molecular weight excluding hydrogens is 1050 g/mol. The molecule has 0 aliphatic heterocycles. The minimum atomic E-state index is -5.14. The van der Waals surface area contributed by atoms with Gasteiger partial charge in [-0.25, -0.2) is 0 Å². The van der Waals surface area contributed by atoms with Gasteiger partial charge in [0.05, 0.1) is 39.0 Å². The lowest BCUT2D eigenvalue weighted by Crippen LogP contribution is -2.05. The maximum Gasteiger partial charge on any atom is 0.296 e. The van der Waals surface area contributed by atoms with Crippen LogP contribution < -0.4 is 5.32 Å². The predicted molar refractivity (Wildman–Crippen MR) is 278 cm³/mol. The molecule has 0 aliphatic carbocycles. The summed E-state index contributed by atoms with van der Waals surface area (Å²) in [6.07, 6.45) is 0. The van der Waals surface area contributed by atoms with E-state index in [1.165, 1.54) is 18.2 Å². The Bertz CT molecular complexity index is 4280. The van der Waals surface area contributed by atoms with Crippen LogP contribution in [0.2, 0.25) is 0 Å². The molecule has 8 aromatic carbocycles. The van der Waals surface area contributed by atoms with Crippen LogP contribution in [0.15, 0.2) is 182 Å². The van der Waals surface area contributed by atoms with Crippen LogP contribution in [0.4, 0.5) is 56.9 Å². The Labute approximate surface area is 429 Å². The summed E-state index contributed by atoms with van der Waals surface area (Å²) in [4.78, 5) is -3.48. The van der Waals surface area contributed by atoms with E-state index >= 15 is 0 Å². The zero-order chi connectivity index (χ0) is 54.4. The summed E-state index contributed by atoms with van der Waals surface area (Å²) in [6, 6.07) is 29.7. The minimum Gasteiger partial charge on any atom is -0.505 e. The first-order valence-corrected chi connectivity index (χ1v) is 27.5. The third-order valence-electron chi connectivity index (χ3n) is 11.4. The molecule has 75 heavy (non-hydrogen) atoms. The average molecular weight is 1090 g/mol. The number of hydrogen-bond acceptors (Lipinski definition) is 18. The van der Waals surface area contributed by atoms with Crippen molar-refractivity contribution >= 4 is 119 Å². The van der Waals surface area contributed by atoms with Gasteiger partial charge in [-0.2, -0.15) is 64.4 Å². The van der Waals surface area contributed by atoms with Crippen molar-refractivity contribution in [3.8, 4) is 5.75 Å². The SMILES string of the molecule is Cc1ccc(Nc2ccc3c(O)c(N=Nc4cc(C)c(N=Nc5ccc(N=Nc6ccc(N=Nc7cc8c(S(=O)(=O)O)cc(S(=O)(=O)O)cc8cc7S(=O)(=O)O)c(C)c6)c(C)c5)cc4C)c(S(=O)(=O)O)cc3c2)cc1. The Morgan fingerprint density at radius 3 is 1.37 bits per heavy atom. The van der Waals surface area contributed by atoms with Crippen molar-refractivity contribution in [2.75, 3.05) is 5.32 Å². The van der Waals surface area contributed by atoms with E-state index in [0.717, 1.165) is 23.4 Å². The molecular formula is C49H41N9O13S4. The number of phenolic OH excluding ortho intramolecular Hbond substituents is 1. The summed E-state index contributed by atoms with van der Waals surface area (Å²) >= 11 is 0. The van der Waals surface area contributed by atoms with Crippen molar-refractivity contribution in [2.24, 2.45) is 40.9 Å². The third-order valence-corrected chi connectivity index (χ3v) is 14.9. The van der Waals surface area contributed by atoms with Gasteiger partial charge in [-0.05, 0) is 177 Å². The maximum absolute atomic E-state index is 12.6. The van der Waals surface area contributed by atoms with Gasteiger partial charge < -0.3 is 10.4 Å². The van der Waals surface area contributed by atoms with Crippen LogP contribution in [-0.2, 0) is 40.5 Å². The number of benzene rings is 8. The fraction of sp³-hybridized carbons (Fsp3) is 0.102. The Morgan fingerprint density at radius 1 is 0.373 bits per heavy atom. The molecule has 6 N–H and O–H groups in total. The van der Waals surface area contributed by atoms with Crippen molar-refractivity contribution in [1.29, 1.82) is 0 Å². The van der Waals surface area contributed by atoms with Crippen LogP contribution >= 0.6 is 0 Å². The first-order chi connectivity index (χ1) is 35.1. The average Bonchev–Trinajstić information content (AvgIpc) is 3.32. The minimum absolute atomic E-state index is 0.194. The Hall–Kier alpha value is -8.08. The van der Waals surface area contributed by atoms with E-state index in [1.54, 1.807) is 82.3 Å². The highest BCUT2D eigenvalue weighted by atomic mass is 32.2. The molecule has 8 rings (SSSR count). The summed E-state index contributed by atoms with van der Waals surface area (Å²) in [5.74, 6) is -0.489. The molecule has 0 saturated carbocycles. The standard InChI is InChI=1S/C49H41N9O13S4/c1-26-6-8-33(9-7-26)50-34-10-13-38-31(20-34)23-47(75(69,70)71)48(49(38)59)58-56-43-19-29(4)42(18-30(43)5)55-52-36-11-14-40(27(2)16-36)53-51-35-12-15-41(28(3)17-35)54-57-44-25-39-32(22-46(44)74(66,67)68)21-37(72(60,61)62)24-45(39)73(63,64)65/h6-25,50,59H,1-5H3,(H,60,61,62)(H,63,64,65)(H,66,67,68)(H,69,70,71). The number of fused-ring (bicyclic) bond motifs is 2. The molecule has 8 aromatic rings. The highest BCUT2D eigenvalue weighted by molar-refractivity contribution is 7.87. The van der Waals surface area contributed by atoms with Crippen molar-refractivity contribution in [3.05, 3.63) is 149 Å². The summed E-state index contributed by atoms with van der Waals surface area (Å²) < 4.78 is 137. The van der Waals surface area contributed by atoms with E-state index in [2.05, 4.69) is 46.2 Å². The van der Waals surface area contributed by atoms with E-state index in [1.807, 2.05) is 31.2 Å². The molecule has 0 amide bonds. The Balaban J connectivity index is 0.974. The Kier molecular flexibility index (Phi) is 14.4. The fourth-order valence-electron chi connectivity index (χ4n) is 7.56. The van der Waals surface area contributed by atoms with Crippen LogP contribution in [0.25, 0.3) is 21.5 Å². The molecule has 26 heteroatoms. The molecule has 0 heterocycles. The van der Waals surface area contributed by atoms with E-state index in [-0.39, 0.29) is 11.1 Å². The van der Waals surface area contributed by atoms with Crippen LogP contribution in [-0.4, -0.2) is 57.0 Å². The third kappa shape index (κ3) is 12.1. The van der Waals surface area contributed by atoms with Gasteiger partial charge in [0.25, 0.3) is 40.5 Å². The van der Waals surface area contributed by atoms with Crippen molar-refractivity contribution in [1.82, 2.24) is 0 Å². The smallest absolute Gasteiger partial charge is 0.296 e. The monoisotopic (exact) mass is 1090 g/mol. The predicted octanol–water partition coefficient (Wildman–Crippen LogP) is 13.6. The first-order valence-electron chi connectivity index (χ1n) is 21.8. The molecule has 0 aliphatic rings. The summed E-state index contributed by atoms with van der Waals surface area (Å²) in [7, 11) is -20.1. The topological polar surface area (TPSA) is 349 Å². The van der Waals surface area contributed by atoms with Crippen LogP contribution in [0.5, 0.6) is 5.75 Å². The molecule has 384 valence electrons. The van der Waals surface area contributed by atoms with Crippen LogP contribution in [0.1, 0.15) is 27.8 Å². The van der Waals surface area contributed by atoms with Crippen molar-refractivity contribution in [3.63, 3.8) is 0 Å². The first kappa shape index (κ1) is 53.2. The van der Waals surface area contributed by atoms with Crippen LogP contribution in [0, 0.1) is 34.6 Å². The van der Waals surface area contributed by atoms with Gasteiger partial charge in [-0.3, -0.25) is 18.2 Å². The molecule has 0 atom stereocenters.